The maximum atomic E-state index is 12.7. The molecular weight excluding hydrogens is 286 g/mol. The van der Waals surface area contributed by atoms with Gasteiger partial charge in [0.15, 0.2) is 5.69 Å². The second-order valence-corrected chi connectivity index (χ2v) is 5.27. The number of nitrogens with zero attached hydrogens (tertiary/aromatic N) is 1. The zero-order chi connectivity index (χ0) is 16.1. The molecule has 1 heterocycles. The predicted octanol–water partition coefficient (Wildman–Crippen LogP) is 4.20. The van der Waals surface area contributed by atoms with Gasteiger partial charge in [-0.15, -0.1) is 0 Å². The molecule has 0 saturated heterocycles. The highest BCUT2D eigenvalue weighted by atomic mass is 16.5. The van der Waals surface area contributed by atoms with E-state index in [4.69, 9.17) is 4.74 Å². The Morgan fingerprint density at radius 3 is 2.26 bits per heavy atom. The zero-order valence-corrected chi connectivity index (χ0v) is 12.9. The number of hydrogen-bond acceptors (Lipinski definition) is 3. The zero-order valence-electron chi connectivity index (χ0n) is 12.9. The van der Waals surface area contributed by atoms with Crippen LogP contribution in [0.2, 0.25) is 0 Å². The second kappa shape index (κ2) is 6.88. The molecule has 3 nitrogen and oxygen atoms in total. The fraction of sp³-hybridized carbons (Fsp3) is 0.100. The largest absolute Gasteiger partial charge is 0.486 e. The molecule has 114 valence electrons. The summed E-state index contributed by atoms with van der Waals surface area (Å²) in [7, 11) is 0. The number of carbonyl (C=O) groups is 1. The Morgan fingerprint density at radius 1 is 0.913 bits per heavy atom. The van der Waals surface area contributed by atoms with Crippen LogP contribution in [0.1, 0.15) is 27.3 Å². The highest BCUT2D eigenvalue weighted by molar-refractivity contribution is 6.09. The monoisotopic (exact) mass is 303 g/mol. The van der Waals surface area contributed by atoms with E-state index in [0.29, 0.717) is 23.6 Å². The van der Waals surface area contributed by atoms with Crippen LogP contribution in [0, 0.1) is 6.92 Å². The summed E-state index contributed by atoms with van der Waals surface area (Å²) >= 11 is 0. The summed E-state index contributed by atoms with van der Waals surface area (Å²) in [6.45, 7) is 2.27. The highest BCUT2D eigenvalue weighted by Crippen LogP contribution is 2.21. The molecule has 3 heteroatoms. The van der Waals surface area contributed by atoms with E-state index in [9.17, 15) is 4.79 Å². The van der Waals surface area contributed by atoms with Crippen molar-refractivity contribution in [3.05, 3.63) is 95.3 Å². The van der Waals surface area contributed by atoms with Gasteiger partial charge in [0.25, 0.3) is 0 Å². The normalized spacial score (nSPS) is 10.3. The van der Waals surface area contributed by atoms with Gasteiger partial charge in [0, 0.05) is 11.3 Å². The number of benzene rings is 2. The first kappa shape index (κ1) is 15.0. The molecule has 0 saturated carbocycles. The minimum Gasteiger partial charge on any atom is -0.486 e. The maximum Gasteiger partial charge on any atom is 0.215 e. The lowest BCUT2D eigenvalue weighted by molar-refractivity contribution is 0.102. The van der Waals surface area contributed by atoms with Gasteiger partial charge in [0.05, 0.1) is 0 Å². The maximum absolute atomic E-state index is 12.7. The molecule has 23 heavy (non-hydrogen) atoms. The molecule has 2 aromatic carbocycles. The van der Waals surface area contributed by atoms with Crippen molar-refractivity contribution < 1.29 is 9.53 Å². The Kier molecular flexibility index (Phi) is 4.48. The van der Waals surface area contributed by atoms with Gasteiger partial charge < -0.3 is 4.74 Å². The molecule has 0 amide bonds. The summed E-state index contributed by atoms with van der Waals surface area (Å²) in [5.41, 5.74) is 2.80. The van der Waals surface area contributed by atoms with Crippen LogP contribution in [0.3, 0.4) is 0 Å². The van der Waals surface area contributed by atoms with E-state index in [1.54, 1.807) is 18.2 Å². The average molecular weight is 303 g/mol. The van der Waals surface area contributed by atoms with Crippen molar-refractivity contribution >= 4 is 5.78 Å². The van der Waals surface area contributed by atoms with Crippen LogP contribution in [0.4, 0.5) is 0 Å². The minimum atomic E-state index is -0.127. The molecule has 0 aliphatic carbocycles. The topological polar surface area (TPSA) is 39.2 Å². The first-order valence-electron chi connectivity index (χ1n) is 7.48. The molecule has 0 radical (unpaired) electrons. The summed E-state index contributed by atoms with van der Waals surface area (Å²) in [5, 5.41) is 0. The Balaban J connectivity index is 1.87. The third-order valence-electron chi connectivity index (χ3n) is 3.49. The number of ether oxygens (including phenoxy) is 1. The molecule has 0 unspecified atom stereocenters. The van der Waals surface area contributed by atoms with Crippen molar-refractivity contribution in [2.24, 2.45) is 0 Å². The van der Waals surface area contributed by atoms with Crippen molar-refractivity contribution in [3.63, 3.8) is 0 Å². The molecule has 0 N–H and O–H groups in total. The van der Waals surface area contributed by atoms with Crippen molar-refractivity contribution in [2.45, 2.75) is 13.5 Å². The van der Waals surface area contributed by atoms with Gasteiger partial charge in [-0.3, -0.25) is 4.79 Å². The quantitative estimate of drug-likeness (QED) is 0.663. The molecule has 3 rings (SSSR count). The van der Waals surface area contributed by atoms with Gasteiger partial charge in [-0.1, -0.05) is 60.7 Å². The van der Waals surface area contributed by atoms with Crippen molar-refractivity contribution in [1.82, 2.24) is 4.98 Å². The molecular formula is C20H17NO2. The number of aromatic nitrogens is 1. The lowest BCUT2D eigenvalue weighted by atomic mass is 10.1. The Bertz CT molecular complexity index is 798. The first-order valence-corrected chi connectivity index (χ1v) is 7.48. The molecule has 0 bridgehead atoms. The molecule has 0 fully saturated rings. The molecule has 0 spiro atoms. The number of hydrogen-bond donors (Lipinski definition) is 0. The number of aryl methyl sites for hydroxylation is 1. The van der Waals surface area contributed by atoms with Gasteiger partial charge in [-0.05, 0) is 24.6 Å². The Hall–Kier alpha value is -2.94. The van der Waals surface area contributed by atoms with Crippen LogP contribution in [0.25, 0.3) is 0 Å². The highest BCUT2D eigenvalue weighted by Gasteiger charge is 2.16. The van der Waals surface area contributed by atoms with E-state index in [0.717, 1.165) is 11.3 Å². The summed E-state index contributed by atoms with van der Waals surface area (Å²) < 4.78 is 5.84. The van der Waals surface area contributed by atoms with Crippen LogP contribution in [-0.2, 0) is 6.61 Å². The van der Waals surface area contributed by atoms with Crippen LogP contribution >= 0.6 is 0 Å². The lowest BCUT2D eigenvalue weighted by Crippen LogP contribution is -2.09. The first-order chi connectivity index (χ1) is 11.2. The van der Waals surface area contributed by atoms with Crippen LogP contribution in [-0.4, -0.2) is 10.8 Å². The van der Waals surface area contributed by atoms with Gasteiger partial charge in [0.1, 0.15) is 12.4 Å². The summed E-state index contributed by atoms with van der Waals surface area (Å²) in [6, 6.07) is 22.6. The molecule has 0 atom stereocenters. The van der Waals surface area contributed by atoms with Gasteiger partial charge in [-0.25, -0.2) is 4.98 Å². The third-order valence-corrected chi connectivity index (χ3v) is 3.49. The fourth-order valence-electron chi connectivity index (χ4n) is 2.28. The number of carbonyl (C=O) groups excluding carboxylic acids is 1. The minimum absolute atomic E-state index is 0.127. The third kappa shape index (κ3) is 3.64. The van der Waals surface area contributed by atoms with Crippen LogP contribution < -0.4 is 4.74 Å². The van der Waals surface area contributed by atoms with Gasteiger partial charge in [0.2, 0.25) is 5.78 Å². The van der Waals surface area contributed by atoms with Crippen molar-refractivity contribution in [2.75, 3.05) is 0 Å². The molecule has 3 aromatic rings. The Labute approximate surface area is 135 Å². The van der Waals surface area contributed by atoms with E-state index in [1.807, 2.05) is 61.5 Å². The van der Waals surface area contributed by atoms with Crippen LogP contribution in [0.15, 0.2) is 72.8 Å². The van der Waals surface area contributed by atoms with E-state index in [2.05, 4.69) is 4.98 Å². The van der Waals surface area contributed by atoms with E-state index in [1.165, 1.54) is 0 Å². The van der Waals surface area contributed by atoms with E-state index in [-0.39, 0.29) is 5.78 Å². The SMILES string of the molecule is Cc1ccc(OCc2ccccc2)c(C(=O)c2ccccc2)n1. The van der Waals surface area contributed by atoms with E-state index >= 15 is 0 Å². The fourth-order valence-corrected chi connectivity index (χ4v) is 2.28. The number of ketones is 1. The average Bonchev–Trinajstić information content (AvgIpc) is 2.61. The second-order valence-electron chi connectivity index (χ2n) is 5.27. The molecule has 0 aliphatic rings. The van der Waals surface area contributed by atoms with Gasteiger partial charge in [-0.2, -0.15) is 0 Å². The van der Waals surface area contributed by atoms with Crippen molar-refractivity contribution in [1.29, 1.82) is 0 Å². The molecule has 0 aliphatic heterocycles. The Morgan fingerprint density at radius 2 is 1.57 bits per heavy atom. The predicted molar refractivity (Wildman–Crippen MR) is 89.6 cm³/mol. The summed E-state index contributed by atoms with van der Waals surface area (Å²) in [5.74, 6) is 0.380. The standard InChI is InChI=1S/C20H17NO2/c1-15-12-13-18(23-14-16-8-4-2-5-9-16)19(21-15)20(22)17-10-6-3-7-11-17/h2-13H,14H2,1H3. The molecule has 1 aromatic heterocycles. The number of pyridine rings is 1. The van der Waals surface area contributed by atoms with Gasteiger partial charge >= 0.3 is 0 Å². The summed E-state index contributed by atoms with van der Waals surface area (Å²) in [4.78, 5) is 17.1. The smallest absolute Gasteiger partial charge is 0.215 e. The number of rotatable bonds is 5. The van der Waals surface area contributed by atoms with E-state index < -0.39 is 0 Å². The van der Waals surface area contributed by atoms with Crippen molar-refractivity contribution in [3.8, 4) is 5.75 Å². The lowest BCUT2D eigenvalue weighted by Gasteiger charge is -2.11. The summed E-state index contributed by atoms with van der Waals surface area (Å²) in [6.07, 6.45) is 0. The van der Waals surface area contributed by atoms with Crippen LogP contribution in [0.5, 0.6) is 5.75 Å².